The number of cyclic esters (lactones) is 1. The lowest BCUT2D eigenvalue weighted by molar-refractivity contribution is -0.137. The van der Waals surface area contributed by atoms with Crippen molar-refractivity contribution in [2.75, 3.05) is 11.4 Å². The second-order valence-corrected chi connectivity index (χ2v) is 7.70. The number of rotatable bonds is 1. The molecule has 2 aliphatic rings. The zero-order chi connectivity index (χ0) is 17.6. The molecule has 4 nitrogen and oxygen atoms in total. The molecule has 0 bridgehead atoms. The van der Waals surface area contributed by atoms with Gasteiger partial charge in [0.05, 0.1) is 5.56 Å². The first-order chi connectivity index (χ1) is 12.0. The number of anilines is 1. The highest BCUT2D eigenvalue weighted by Gasteiger charge is 2.45. The summed E-state index contributed by atoms with van der Waals surface area (Å²) in [6, 6.07) is 13.3. The SMILES string of the molecule is CC1(C(=O)N2CCCc3cc(Br)ccc32)Cc2ccccc2C(=O)O1. The Hall–Kier alpha value is -2.14. The van der Waals surface area contributed by atoms with Gasteiger partial charge in [0.15, 0.2) is 5.60 Å². The molecule has 0 radical (unpaired) electrons. The third-order valence-electron chi connectivity index (χ3n) is 4.94. The Morgan fingerprint density at radius 2 is 2.00 bits per heavy atom. The van der Waals surface area contributed by atoms with Crippen molar-refractivity contribution in [1.82, 2.24) is 0 Å². The molecule has 2 aliphatic heterocycles. The van der Waals surface area contributed by atoms with Crippen LogP contribution in [0.25, 0.3) is 0 Å². The van der Waals surface area contributed by atoms with E-state index in [0.29, 0.717) is 18.5 Å². The van der Waals surface area contributed by atoms with Gasteiger partial charge in [-0.05, 0) is 55.2 Å². The quantitative estimate of drug-likeness (QED) is 0.683. The van der Waals surface area contributed by atoms with E-state index in [2.05, 4.69) is 22.0 Å². The van der Waals surface area contributed by atoms with E-state index < -0.39 is 11.6 Å². The number of hydrogen-bond donors (Lipinski definition) is 0. The maximum Gasteiger partial charge on any atom is 0.339 e. The predicted octanol–water partition coefficient (Wildman–Crippen LogP) is 3.90. The number of ether oxygens (including phenoxy) is 1. The van der Waals surface area contributed by atoms with Gasteiger partial charge in [-0.2, -0.15) is 0 Å². The molecule has 2 aromatic rings. The van der Waals surface area contributed by atoms with Crippen LogP contribution >= 0.6 is 15.9 Å². The van der Waals surface area contributed by atoms with Crippen LogP contribution in [-0.2, 0) is 22.4 Å². The van der Waals surface area contributed by atoms with Crippen molar-refractivity contribution in [2.24, 2.45) is 0 Å². The molecule has 1 amide bonds. The zero-order valence-electron chi connectivity index (χ0n) is 13.9. The van der Waals surface area contributed by atoms with Gasteiger partial charge in [-0.3, -0.25) is 4.79 Å². The molecule has 0 saturated carbocycles. The first-order valence-electron chi connectivity index (χ1n) is 8.39. The van der Waals surface area contributed by atoms with Crippen LogP contribution in [0.5, 0.6) is 0 Å². The lowest BCUT2D eigenvalue weighted by Gasteiger charge is -2.39. The number of amides is 1. The van der Waals surface area contributed by atoms with Gasteiger partial charge in [0.1, 0.15) is 0 Å². The minimum Gasteiger partial charge on any atom is -0.445 e. The highest BCUT2D eigenvalue weighted by Crippen LogP contribution is 2.35. The number of halogens is 1. The lowest BCUT2D eigenvalue weighted by Crippen LogP contribution is -2.54. The summed E-state index contributed by atoms with van der Waals surface area (Å²) in [7, 11) is 0. The van der Waals surface area contributed by atoms with E-state index in [1.807, 2.05) is 30.3 Å². The van der Waals surface area contributed by atoms with Gasteiger partial charge in [-0.15, -0.1) is 0 Å². The summed E-state index contributed by atoms with van der Waals surface area (Å²) in [5.74, 6) is -0.579. The van der Waals surface area contributed by atoms with E-state index in [4.69, 9.17) is 4.74 Å². The number of hydrogen-bond acceptors (Lipinski definition) is 3. The Morgan fingerprint density at radius 3 is 2.84 bits per heavy atom. The van der Waals surface area contributed by atoms with Crippen molar-refractivity contribution in [3.8, 4) is 0 Å². The Balaban J connectivity index is 1.70. The van der Waals surface area contributed by atoms with E-state index >= 15 is 0 Å². The van der Waals surface area contributed by atoms with Crippen molar-refractivity contribution in [3.63, 3.8) is 0 Å². The number of benzene rings is 2. The van der Waals surface area contributed by atoms with Crippen LogP contribution in [0, 0.1) is 0 Å². The molecule has 0 spiro atoms. The molecular formula is C20H18BrNO3. The fourth-order valence-corrected chi connectivity index (χ4v) is 4.12. The first kappa shape index (κ1) is 16.3. The van der Waals surface area contributed by atoms with E-state index in [9.17, 15) is 9.59 Å². The second-order valence-electron chi connectivity index (χ2n) is 6.79. The van der Waals surface area contributed by atoms with Gasteiger partial charge in [0, 0.05) is 23.1 Å². The maximum atomic E-state index is 13.3. The molecule has 4 rings (SSSR count). The topological polar surface area (TPSA) is 46.6 Å². The number of fused-ring (bicyclic) bond motifs is 2. The average Bonchev–Trinajstić information content (AvgIpc) is 2.60. The van der Waals surface area contributed by atoms with Crippen LogP contribution in [0.1, 0.15) is 34.8 Å². The van der Waals surface area contributed by atoms with Crippen LogP contribution in [0.4, 0.5) is 5.69 Å². The molecule has 5 heteroatoms. The van der Waals surface area contributed by atoms with E-state index in [0.717, 1.165) is 34.1 Å². The molecule has 0 saturated heterocycles. The molecule has 1 atom stereocenters. The van der Waals surface area contributed by atoms with Gasteiger partial charge in [0.25, 0.3) is 5.91 Å². The molecule has 2 aromatic carbocycles. The van der Waals surface area contributed by atoms with Crippen molar-refractivity contribution >= 4 is 33.5 Å². The Labute approximate surface area is 154 Å². The van der Waals surface area contributed by atoms with Gasteiger partial charge < -0.3 is 9.64 Å². The summed E-state index contributed by atoms with van der Waals surface area (Å²) in [4.78, 5) is 27.5. The minimum absolute atomic E-state index is 0.154. The molecule has 25 heavy (non-hydrogen) atoms. The summed E-state index contributed by atoms with van der Waals surface area (Å²) in [5.41, 5.74) is 2.29. The molecule has 0 N–H and O–H groups in total. The van der Waals surface area contributed by atoms with Crippen LogP contribution < -0.4 is 4.90 Å². The number of carbonyl (C=O) groups is 2. The highest BCUT2D eigenvalue weighted by molar-refractivity contribution is 9.10. The highest BCUT2D eigenvalue weighted by atomic mass is 79.9. The zero-order valence-corrected chi connectivity index (χ0v) is 15.5. The van der Waals surface area contributed by atoms with Gasteiger partial charge in [-0.1, -0.05) is 34.1 Å². The molecule has 1 unspecified atom stereocenters. The summed E-state index contributed by atoms with van der Waals surface area (Å²) in [6.45, 7) is 2.36. The van der Waals surface area contributed by atoms with Crippen LogP contribution in [0.2, 0.25) is 0 Å². The Bertz CT molecular complexity index is 879. The summed E-state index contributed by atoms with van der Waals surface area (Å²) in [5, 5.41) is 0. The molecular weight excluding hydrogens is 382 g/mol. The standard InChI is InChI=1S/C20H18BrNO3/c1-20(12-14-5-2-3-7-16(14)18(23)25-20)19(24)22-10-4-6-13-11-15(21)8-9-17(13)22/h2-3,5,7-9,11H,4,6,10,12H2,1H3. The van der Waals surface area contributed by atoms with Crippen molar-refractivity contribution in [2.45, 2.75) is 31.8 Å². The largest absolute Gasteiger partial charge is 0.445 e. The Morgan fingerprint density at radius 1 is 1.20 bits per heavy atom. The van der Waals surface area contributed by atoms with Crippen molar-refractivity contribution in [1.29, 1.82) is 0 Å². The number of nitrogens with zero attached hydrogens (tertiary/aromatic N) is 1. The lowest BCUT2D eigenvalue weighted by atomic mass is 9.88. The van der Waals surface area contributed by atoms with Gasteiger partial charge in [-0.25, -0.2) is 4.79 Å². The van der Waals surface area contributed by atoms with Crippen LogP contribution in [0.15, 0.2) is 46.9 Å². The van der Waals surface area contributed by atoms with E-state index in [1.54, 1.807) is 17.9 Å². The van der Waals surface area contributed by atoms with Crippen LogP contribution in [-0.4, -0.2) is 24.0 Å². The van der Waals surface area contributed by atoms with Gasteiger partial charge >= 0.3 is 5.97 Å². The molecule has 128 valence electrons. The monoisotopic (exact) mass is 399 g/mol. The average molecular weight is 400 g/mol. The van der Waals surface area contributed by atoms with E-state index in [1.165, 1.54) is 0 Å². The van der Waals surface area contributed by atoms with Crippen molar-refractivity contribution in [3.05, 3.63) is 63.6 Å². The van der Waals surface area contributed by atoms with Crippen molar-refractivity contribution < 1.29 is 14.3 Å². The molecule has 2 heterocycles. The molecule has 0 aliphatic carbocycles. The summed E-state index contributed by atoms with van der Waals surface area (Å²) in [6.07, 6.45) is 2.24. The molecule has 0 aromatic heterocycles. The number of aryl methyl sites for hydroxylation is 1. The smallest absolute Gasteiger partial charge is 0.339 e. The summed E-state index contributed by atoms with van der Waals surface area (Å²) >= 11 is 3.49. The minimum atomic E-state index is -1.17. The second kappa shape index (κ2) is 5.99. The third-order valence-corrected chi connectivity index (χ3v) is 5.43. The summed E-state index contributed by atoms with van der Waals surface area (Å²) < 4.78 is 6.62. The third kappa shape index (κ3) is 2.76. The number of esters is 1. The Kier molecular flexibility index (Phi) is 3.91. The first-order valence-corrected chi connectivity index (χ1v) is 9.19. The maximum absolute atomic E-state index is 13.3. The fraction of sp³-hybridized carbons (Fsp3) is 0.300. The predicted molar refractivity (Wildman–Crippen MR) is 98.8 cm³/mol. The normalized spacial score (nSPS) is 22.0. The number of carbonyl (C=O) groups excluding carboxylic acids is 2. The van der Waals surface area contributed by atoms with Crippen LogP contribution in [0.3, 0.4) is 0 Å². The fourth-order valence-electron chi connectivity index (χ4n) is 3.71. The van der Waals surface area contributed by atoms with E-state index in [-0.39, 0.29) is 5.91 Å². The molecule has 0 fully saturated rings. The van der Waals surface area contributed by atoms with Gasteiger partial charge in [0.2, 0.25) is 0 Å².